The molecule has 4 aromatic carbocycles. The van der Waals surface area contributed by atoms with Crippen LogP contribution in [0.3, 0.4) is 0 Å². The van der Waals surface area contributed by atoms with Crippen LogP contribution in [0.5, 0.6) is 11.5 Å². The lowest BCUT2D eigenvalue weighted by atomic mass is 10.1. The number of rotatable bonds is 9. The van der Waals surface area contributed by atoms with E-state index in [4.69, 9.17) is 21.1 Å². The van der Waals surface area contributed by atoms with Crippen molar-refractivity contribution < 1.29 is 23.9 Å². The van der Waals surface area contributed by atoms with Gasteiger partial charge in [-0.05, 0) is 79.2 Å². The number of nitrogens with one attached hydrogen (secondary N) is 2. The van der Waals surface area contributed by atoms with Crippen LogP contribution in [-0.4, -0.2) is 30.6 Å². The summed E-state index contributed by atoms with van der Waals surface area (Å²) in [5.74, 6) is -0.712. The smallest absolute Gasteiger partial charge is 0.355 e. The lowest BCUT2D eigenvalue weighted by Crippen LogP contribution is -2.18. The number of nitrogens with zero attached hydrogens (tertiary/aromatic N) is 1. The minimum atomic E-state index is -0.595. The summed E-state index contributed by atoms with van der Waals surface area (Å²) in [5.41, 5.74) is 4.53. The predicted octanol–water partition coefficient (Wildman–Crippen LogP) is 7.95. The van der Waals surface area contributed by atoms with E-state index in [1.165, 1.54) is 17.6 Å². The van der Waals surface area contributed by atoms with Crippen molar-refractivity contribution in [3.05, 3.63) is 122 Å². The fraction of sp³-hybridized carbons (Fsp3) is 0.0625. The van der Waals surface area contributed by atoms with Crippen molar-refractivity contribution in [1.82, 2.24) is 5.43 Å². The van der Waals surface area contributed by atoms with Gasteiger partial charge in [0.1, 0.15) is 4.88 Å². The van der Waals surface area contributed by atoms with Crippen molar-refractivity contribution in [3.63, 3.8) is 0 Å². The van der Waals surface area contributed by atoms with E-state index in [0.717, 1.165) is 14.6 Å². The molecule has 0 unspecified atom stereocenters. The molecule has 0 radical (unpaired) electrons. The van der Waals surface area contributed by atoms with Crippen molar-refractivity contribution in [2.45, 2.75) is 6.92 Å². The second-order valence-corrected chi connectivity index (χ2v) is 11.4. The maximum atomic E-state index is 13.0. The molecule has 1 aromatic heterocycles. The third-order valence-corrected chi connectivity index (χ3v) is 8.20. The number of carbonyl (C=O) groups excluding carboxylic acids is 3. The first-order valence-electron chi connectivity index (χ1n) is 13.0. The minimum absolute atomic E-state index is 0.224. The van der Waals surface area contributed by atoms with E-state index in [0.29, 0.717) is 39.8 Å². The van der Waals surface area contributed by atoms with Crippen molar-refractivity contribution in [2.24, 2.45) is 5.10 Å². The molecule has 0 saturated carbocycles. The molecule has 216 valence electrons. The topological polar surface area (TPSA) is 106 Å². The zero-order valence-electron chi connectivity index (χ0n) is 22.6. The molecule has 0 saturated heterocycles. The van der Waals surface area contributed by atoms with Gasteiger partial charge in [0.25, 0.3) is 11.8 Å². The average Bonchev–Trinajstić information content (AvgIpc) is 3.34. The molecule has 0 atom stereocenters. The summed E-state index contributed by atoms with van der Waals surface area (Å²) < 4.78 is 13.1. The van der Waals surface area contributed by atoms with Gasteiger partial charge in [0.15, 0.2) is 11.5 Å². The van der Waals surface area contributed by atoms with E-state index in [1.807, 2.05) is 31.2 Å². The molecule has 8 nitrogen and oxygen atoms in total. The van der Waals surface area contributed by atoms with Gasteiger partial charge < -0.3 is 14.8 Å². The number of benzene rings is 4. The number of hydrazone groups is 1. The highest BCUT2D eigenvalue weighted by molar-refractivity contribution is 9.10. The lowest BCUT2D eigenvalue weighted by molar-refractivity contribution is 0.0733. The van der Waals surface area contributed by atoms with Crippen LogP contribution in [-0.2, 0) is 0 Å². The molecule has 0 aliphatic carbocycles. The number of fused-ring (bicyclic) bond motifs is 1. The Morgan fingerprint density at radius 1 is 0.907 bits per heavy atom. The van der Waals surface area contributed by atoms with Crippen LogP contribution in [0.25, 0.3) is 10.1 Å². The number of hydrogen-bond donors (Lipinski definition) is 2. The zero-order valence-corrected chi connectivity index (χ0v) is 25.8. The van der Waals surface area contributed by atoms with Crippen LogP contribution in [0.1, 0.15) is 42.9 Å². The maximum Gasteiger partial charge on any atom is 0.355 e. The van der Waals surface area contributed by atoms with Crippen molar-refractivity contribution in [1.29, 1.82) is 0 Å². The summed E-state index contributed by atoms with van der Waals surface area (Å²) in [6.07, 6.45) is 1.45. The highest BCUT2D eigenvalue weighted by Crippen LogP contribution is 2.38. The number of carbonyl (C=O) groups is 3. The highest BCUT2D eigenvalue weighted by atomic mass is 79.9. The molecule has 0 aliphatic rings. The van der Waals surface area contributed by atoms with Gasteiger partial charge in [-0.15, -0.1) is 11.3 Å². The number of anilines is 1. The van der Waals surface area contributed by atoms with Crippen LogP contribution in [0.15, 0.2) is 101 Å². The van der Waals surface area contributed by atoms with E-state index in [2.05, 4.69) is 31.8 Å². The van der Waals surface area contributed by atoms with Gasteiger partial charge in [0, 0.05) is 31.4 Å². The Balaban J connectivity index is 1.22. The molecule has 2 amide bonds. The van der Waals surface area contributed by atoms with E-state index in [1.54, 1.807) is 66.7 Å². The maximum absolute atomic E-state index is 13.0. The number of thiophene rings is 1. The van der Waals surface area contributed by atoms with Crippen LogP contribution in [0.4, 0.5) is 5.69 Å². The first kappa shape index (κ1) is 30.0. The molecule has 1 heterocycles. The molecule has 11 heteroatoms. The average molecular weight is 677 g/mol. The largest absolute Gasteiger partial charge is 0.490 e. The summed E-state index contributed by atoms with van der Waals surface area (Å²) in [4.78, 5) is 38.2. The SMILES string of the molecule is CCOc1cc(/C=N\NC(=O)c2ccc(NC(=O)c3ccccc3)cc2)ccc1OC(=O)c1sc2cc(Br)ccc2c1Cl. The van der Waals surface area contributed by atoms with Crippen molar-refractivity contribution >= 4 is 78.6 Å². The van der Waals surface area contributed by atoms with Crippen LogP contribution >= 0.6 is 38.9 Å². The van der Waals surface area contributed by atoms with Gasteiger partial charge >= 0.3 is 5.97 Å². The molecule has 43 heavy (non-hydrogen) atoms. The monoisotopic (exact) mass is 675 g/mol. The molecule has 0 spiro atoms. The van der Waals surface area contributed by atoms with Gasteiger partial charge in [-0.2, -0.15) is 5.10 Å². The molecule has 0 aliphatic heterocycles. The normalized spacial score (nSPS) is 11.0. The summed E-state index contributed by atoms with van der Waals surface area (Å²) >= 11 is 11.1. The van der Waals surface area contributed by atoms with Crippen molar-refractivity contribution in [3.8, 4) is 11.5 Å². The molecule has 0 bridgehead atoms. The van der Waals surface area contributed by atoms with Crippen molar-refractivity contribution in [2.75, 3.05) is 11.9 Å². The Labute approximate surface area is 264 Å². The Morgan fingerprint density at radius 2 is 1.65 bits per heavy atom. The third kappa shape index (κ3) is 7.29. The first-order valence-corrected chi connectivity index (χ1v) is 15.0. The Hall–Kier alpha value is -4.51. The highest BCUT2D eigenvalue weighted by Gasteiger charge is 2.21. The summed E-state index contributed by atoms with van der Waals surface area (Å²) in [6.45, 7) is 2.15. The number of halogens is 2. The number of amides is 2. The standard InChI is InChI=1S/C32H23BrClN3O5S/c1-2-41-26-16-19(8-15-25(26)42-32(40)29-28(34)24-14-11-22(33)17-27(24)43-29)18-35-37-31(39)21-9-12-23(13-10-21)36-30(38)20-6-4-3-5-7-20/h3-18H,2H2,1H3,(H,36,38)(H,37,39)/b35-18-. The fourth-order valence-corrected chi connectivity index (χ4v) is 5.94. The number of esters is 1. The van der Waals surface area contributed by atoms with Gasteiger partial charge in [-0.25, -0.2) is 10.2 Å². The van der Waals surface area contributed by atoms with E-state index < -0.39 is 11.9 Å². The molecule has 5 aromatic rings. The van der Waals surface area contributed by atoms with Gasteiger partial charge in [0.2, 0.25) is 0 Å². The van der Waals surface area contributed by atoms with E-state index >= 15 is 0 Å². The fourth-order valence-electron chi connectivity index (χ4n) is 4.00. The lowest BCUT2D eigenvalue weighted by Gasteiger charge is -2.11. The number of ether oxygens (including phenoxy) is 2. The molecule has 0 fully saturated rings. The van der Waals surface area contributed by atoms with Crippen LogP contribution < -0.4 is 20.2 Å². The summed E-state index contributed by atoms with van der Waals surface area (Å²) in [7, 11) is 0. The molecule has 2 N–H and O–H groups in total. The van der Waals surface area contributed by atoms with Crippen LogP contribution in [0, 0.1) is 0 Å². The Morgan fingerprint density at radius 3 is 2.40 bits per heavy atom. The predicted molar refractivity (Wildman–Crippen MR) is 173 cm³/mol. The van der Waals surface area contributed by atoms with E-state index in [-0.39, 0.29) is 16.5 Å². The first-order chi connectivity index (χ1) is 20.8. The van der Waals surface area contributed by atoms with E-state index in [9.17, 15) is 14.4 Å². The Kier molecular flexibility index (Phi) is 9.51. The summed E-state index contributed by atoms with van der Waals surface area (Å²) in [6, 6.07) is 25.8. The zero-order chi connectivity index (χ0) is 30.3. The summed E-state index contributed by atoms with van der Waals surface area (Å²) in [5, 5.41) is 7.93. The van der Waals surface area contributed by atoms with Gasteiger partial charge in [-0.1, -0.05) is 51.8 Å². The second kappa shape index (κ2) is 13.6. The quantitative estimate of drug-likeness (QED) is 0.0714. The Bertz CT molecular complexity index is 1840. The molecular weight excluding hydrogens is 654 g/mol. The van der Waals surface area contributed by atoms with Crippen LogP contribution in [0.2, 0.25) is 5.02 Å². The minimum Gasteiger partial charge on any atom is -0.490 e. The third-order valence-electron chi connectivity index (χ3n) is 6.07. The number of hydrogen-bond acceptors (Lipinski definition) is 7. The second-order valence-electron chi connectivity index (χ2n) is 9.01. The molecule has 5 rings (SSSR count). The molecular formula is C32H23BrClN3O5S. The van der Waals surface area contributed by atoms with Gasteiger partial charge in [0.05, 0.1) is 17.8 Å². The van der Waals surface area contributed by atoms with Gasteiger partial charge in [-0.3, -0.25) is 9.59 Å².